The van der Waals surface area contributed by atoms with E-state index in [0.29, 0.717) is 23.7 Å². The Hall–Kier alpha value is -6.51. The van der Waals surface area contributed by atoms with Gasteiger partial charge in [-0.2, -0.15) is 5.21 Å². The molecule has 15 nitrogen and oxygen atoms in total. The molecule has 0 unspecified atom stereocenters. The Bertz CT molecular complexity index is 2260. The fourth-order valence-electron chi connectivity index (χ4n) is 5.81. The molecule has 0 atom stereocenters. The fraction of sp³-hybridized carbons (Fsp3) is 0.206. The van der Waals surface area contributed by atoms with Crippen molar-refractivity contribution < 1.29 is 14.3 Å². The van der Waals surface area contributed by atoms with Crippen molar-refractivity contribution in [3.05, 3.63) is 100 Å². The number of nitro benzene ring substituents is 1. The SMILES string of the molecule is CCCCc1nc2ccc(NC(=O)CCNc3ccc([N+](=O)[O-])c4nonc34)cc2n1Cc1ccc(-c2ccccc2-c2nn[nH]n2)cc1. The zero-order valence-electron chi connectivity index (χ0n) is 26.5. The van der Waals surface area contributed by atoms with Crippen LogP contribution in [0.1, 0.15) is 37.6 Å². The number of carbonyl (C=O) groups excluding carboxylic acids is 1. The number of H-pyrrole nitrogens is 1. The van der Waals surface area contributed by atoms with Crippen molar-refractivity contribution in [3.8, 4) is 22.5 Å². The molecule has 0 fully saturated rings. The Labute approximate surface area is 278 Å². The Balaban J connectivity index is 1.07. The lowest BCUT2D eigenvalue weighted by molar-refractivity contribution is -0.383. The van der Waals surface area contributed by atoms with Crippen LogP contribution in [-0.4, -0.2) is 57.9 Å². The summed E-state index contributed by atoms with van der Waals surface area (Å²) >= 11 is 0. The summed E-state index contributed by atoms with van der Waals surface area (Å²) in [5.74, 6) is 1.34. The number of hydrogen-bond acceptors (Lipinski definition) is 11. The zero-order valence-corrected chi connectivity index (χ0v) is 26.5. The molecule has 0 aliphatic rings. The van der Waals surface area contributed by atoms with Gasteiger partial charge in [0, 0.05) is 43.2 Å². The van der Waals surface area contributed by atoms with Crippen molar-refractivity contribution in [1.29, 1.82) is 0 Å². The molecule has 15 heteroatoms. The molecule has 0 radical (unpaired) electrons. The van der Waals surface area contributed by atoms with Crippen LogP contribution in [0.15, 0.2) is 83.5 Å². The number of rotatable bonds is 13. The average molecular weight is 658 g/mol. The van der Waals surface area contributed by atoms with Crippen LogP contribution in [0.4, 0.5) is 17.1 Å². The van der Waals surface area contributed by atoms with Crippen molar-refractivity contribution in [1.82, 2.24) is 40.5 Å². The highest BCUT2D eigenvalue weighted by molar-refractivity contribution is 5.95. The first-order valence-electron chi connectivity index (χ1n) is 15.8. The summed E-state index contributed by atoms with van der Waals surface area (Å²) in [6.07, 6.45) is 3.04. The number of non-ortho nitro benzene ring substituents is 1. The predicted octanol–water partition coefficient (Wildman–Crippen LogP) is 6.16. The maximum absolute atomic E-state index is 12.9. The molecule has 0 spiro atoms. The zero-order chi connectivity index (χ0) is 33.7. The molecule has 0 saturated carbocycles. The molecule has 0 aliphatic carbocycles. The summed E-state index contributed by atoms with van der Waals surface area (Å²) in [6, 6.07) is 25.0. The van der Waals surface area contributed by atoms with Crippen LogP contribution in [0.25, 0.3) is 44.6 Å². The number of aromatic amines is 1. The monoisotopic (exact) mass is 657 g/mol. The molecular weight excluding hydrogens is 626 g/mol. The number of anilines is 2. The van der Waals surface area contributed by atoms with E-state index in [1.54, 1.807) is 0 Å². The van der Waals surface area contributed by atoms with Gasteiger partial charge in [-0.05, 0) is 62.9 Å². The second-order valence-electron chi connectivity index (χ2n) is 11.5. The van der Waals surface area contributed by atoms with Gasteiger partial charge in [-0.3, -0.25) is 14.9 Å². The molecule has 3 N–H and O–H groups in total. The number of fused-ring (bicyclic) bond motifs is 2. The van der Waals surface area contributed by atoms with E-state index in [4.69, 9.17) is 9.61 Å². The third kappa shape index (κ3) is 6.54. The molecule has 49 heavy (non-hydrogen) atoms. The van der Waals surface area contributed by atoms with Crippen molar-refractivity contribution >= 4 is 45.0 Å². The number of nitrogens with one attached hydrogen (secondary N) is 3. The van der Waals surface area contributed by atoms with Gasteiger partial charge in [0.2, 0.25) is 17.2 Å². The standard InChI is InChI=1S/C34H31N11O4/c1-2-3-8-30-37-26-14-13-23(36-31(46)17-18-35-27-15-16-28(45(47)48)33-32(27)40-49-41-33)19-29(26)44(30)20-21-9-11-22(12-10-21)24-6-4-5-7-25(24)34-38-42-43-39-34/h4-7,9-16,19,35H,2-3,8,17-18,20H2,1H3,(H,36,46)(H,38,39,42,43). The largest absolute Gasteiger partial charge is 0.383 e. The van der Waals surface area contributed by atoms with Gasteiger partial charge in [-0.1, -0.05) is 61.9 Å². The van der Waals surface area contributed by atoms with Gasteiger partial charge in [0.05, 0.1) is 21.6 Å². The number of imidazole rings is 1. The van der Waals surface area contributed by atoms with E-state index < -0.39 is 4.92 Å². The van der Waals surface area contributed by atoms with Crippen LogP contribution in [0, 0.1) is 10.1 Å². The van der Waals surface area contributed by atoms with E-state index in [1.165, 1.54) is 12.1 Å². The van der Waals surface area contributed by atoms with Crippen LogP contribution < -0.4 is 10.6 Å². The molecule has 3 heterocycles. The van der Waals surface area contributed by atoms with E-state index in [2.05, 4.69) is 77.3 Å². The number of aromatic nitrogens is 8. The lowest BCUT2D eigenvalue weighted by atomic mass is 9.98. The van der Waals surface area contributed by atoms with Gasteiger partial charge >= 0.3 is 5.69 Å². The number of carbonyl (C=O) groups is 1. The highest BCUT2D eigenvalue weighted by atomic mass is 16.6. The number of nitrogens with zero attached hydrogens (tertiary/aromatic N) is 8. The summed E-state index contributed by atoms with van der Waals surface area (Å²) < 4.78 is 6.93. The summed E-state index contributed by atoms with van der Waals surface area (Å²) in [5, 5.41) is 39.3. The quantitative estimate of drug-likeness (QED) is 0.0949. The molecule has 0 saturated heterocycles. The summed E-state index contributed by atoms with van der Waals surface area (Å²) in [4.78, 5) is 28.6. The maximum atomic E-state index is 12.9. The molecule has 3 aromatic heterocycles. The van der Waals surface area contributed by atoms with Crippen molar-refractivity contribution in [2.45, 2.75) is 39.2 Å². The smallest absolute Gasteiger partial charge is 0.300 e. The highest BCUT2D eigenvalue weighted by Gasteiger charge is 2.20. The number of benzene rings is 4. The number of hydrogen-bond donors (Lipinski definition) is 3. The summed E-state index contributed by atoms with van der Waals surface area (Å²) in [7, 11) is 0. The van der Waals surface area contributed by atoms with Gasteiger partial charge < -0.3 is 15.2 Å². The minimum Gasteiger partial charge on any atom is -0.383 e. The molecular formula is C34H31N11O4. The summed E-state index contributed by atoms with van der Waals surface area (Å²) in [6.45, 7) is 3.04. The fourth-order valence-corrected chi connectivity index (χ4v) is 5.81. The van der Waals surface area contributed by atoms with E-state index in [-0.39, 0.29) is 35.6 Å². The van der Waals surface area contributed by atoms with E-state index in [1.807, 2.05) is 42.5 Å². The molecule has 246 valence electrons. The van der Waals surface area contributed by atoms with Crippen LogP contribution in [-0.2, 0) is 17.8 Å². The predicted molar refractivity (Wildman–Crippen MR) is 183 cm³/mol. The highest BCUT2D eigenvalue weighted by Crippen LogP contribution is 2.31. The first-order valence-corrected chi connectivity index (χ1v) is 15.8. The van der Waals surface area contributed by atoms with E-state index in [9.17, 15) is 14.9 Å². The molecule has 7 rings (SSSR count). The molecule has 7 aromatic rings. The van der Waals surface area contributed by atoms with Crippen LogP contribution in [0.5, 0.6) is 0 Å². The number of unbranched alkanes of at least 4 members (excludes halogenated alkanes) is 1. The van der Waals surface area contributed by atoms with Gasteiger partial charge in [0.25, 0.3) is 0 Å². The average Bonchev–Trinajstić information content (AvgIpc) is 3.89. The molecule has 0 bridgehead atoms. The van der Waals surface area contributed by atoms with Crippen molar-refractivity contribution in [2.24, 2.45) is 0 Å². The van der Waals surface area contributed by atoms with Crippen molar-refractivity contribution in [2.75, 3.05) is 17.2 Å². The number of amides is 1. The Morgan fingerprint density at radius 2 is 1.82 bits per heavy atom. The summed E-state index contributed by atoms with van der Waals surface area (Å²) in [5.41, 5.74) is 7.08. The lowest BCUT2D eigenvalue weighted by Crippen LogP contribution is -2.16. The number of nitro groups is 1. The Kier molecular flexibility index (Phi) is 8.69. The van der Waals surface area contributed by atoms with Crippen molar-refractivity contribution in [3.63, 3.8) is 0 Å². The second-order valence-corrected chi connectivity index (χ2v) is 11.5. The molecule has 4 aromatic carbocycles. The van der Waals surface area contributed by atoms with Gasteiger partial charge in [-0.15, -0.1) is 10.2 Å². The van der Waals surface area contributed by atoms with Crippen LogP contribution in [0.3, 0.4) is 0 Å². The van der Waals surface area contributed by atoms with E-state index >= 15 is 0 Å². The second kappa shape index (κ2) is 13.7. The molecule has 1 amide bonds. The third-order valence-corrected chi connectivity index (χ3v) is 8.24. The number of tetrazole rings is 1. The third-order valence-electron chi connectivity index (χ3n) is 8.24. The van der Waals surface area contributed by atoms with E-state index in [0.717, 1.165) is 58.4 Å². The lowest BCUT2D eigenvalue weighted by Gasteiger charge is -2.12. The topological polar surface area (TPSA) is 195 Å². The van der Waals surface area contributed by atoms with Gasteiger partial charge in [0.1, 0.15) is 5.82 Å². The number of aryl methyl sites for hydroxylation is 1. The minimum absolute atomic E-state index is 0.0458. The first-order chi connectivity index (χ1) is 24.0. The first kappa shape index (κ1) is 31.1. The van der Waals surface area contributed by atoms with Crippen LogP contribution in [0.2, 0.25) is 0 Å². The normalized spacial score (nSPS) is 11.3. The molecule has 0 aliphatic heterocycles. The minimum atomic E-state index is -0.546. The van der Waals surface area contributed by atoms with Crippen LogP contribution >= 0.6 is 0 Å². The van der Waals surface area contributed by atoms with Gasteiger partial charge in [-0.25, -0.2) is 9.61 Å². The Morgan fingerprint density at radius 1 is 1.00 bits per heavy atom. The Morgan fingerprint density at radius 3 is 2.59 bits per heavy atom. The van der Waals surface area contributed by atoms with Gasteiger partial charge in [0.15, 0.2) is 5.52 Å². The maximum Gasteiger partial charge on any atom is 0.300 e.